The average Bonchev–Trinajstić information content (AvgIpc) is 2.77. The first-order valence-electron chi connectivity index (χ1n) is 5.65. The van der Waals surface area contributed by atoms with Crippen molar-refractivity contribution in [3.63, 3.8) is 0 Å². The molecule has 0 fully saturated rings. The van der Waals surface area contributed by atoms with Crippen molar-refractivity contribution in [1.29, 1.82) is 0 Å². The third-order valence-corrected chi connectivity index (χ3v) is 3.77. The summed E-state index contributed by atoms with van der Waals surface area (Å²) in [4.78, 5) is 10.7. The number of rotatable bonds is 5. The summed E-state index contributed by atoms with van der Waals surface area (Å²) in [5, 5.41) is 17.6. The highest BCUT2D eigenvalue weighted by atomic mass is 32.2. The van der Waals surface area contributed by atoms with Gasteiger partial charge in [-0.3, -0.25) is 0 Å². The van der Waals surface area contributed by atoms with Crippen molar-refractivity contribution in [2.45, 2.75) is 17.5 Å². The van der Waals surface area contributed by atoms with E-state index in [1.54, 1.807) is 24.3 Å². The first-order chi connectivity index (χ1) is 9.11. The van der Waals surface area contributed by atoms with Crippen LogP contribution in [0.25, 0.3) is 0 Å². The van der Waals surface area contributed by atoms with E-state index < -0.39 is 5.97 Å². The van der Waals surface area contributed by atoms with E-state index in [1.807, 2.05) is 11.6 Å². The van der Waals surface area contributed by atoms with Gasteiger partial charge >= 0.3 is 5.97 Å². The minimum absolute atomic E-state index is 0.290. The van der Waals surface area contributed by atoms with E-state index in [4.69, 9.17) is 10.8 Å². The lowest BCUT2D eigenvalue weighted by atomic mass is 10.1. The Hall–Kier alpha value is -1.86. The molecule has 0 radical (unpaired) electrons. The minimum Gasteiger partial charge on any atom is -0.478 e. The molecule has 0 aliphatic heterocycles. The Kier molecular flexibility index (Phi) is 4.18. The maximum atomic E-state index is 10.7. The highest BCUT2D eigenvalue weighted by Crippen LogP contribution is 2.21. The molecule has 2 aromatic rings. The normalized spacial score (nSPS) is 10.6. The Balaban J connectivity index is 2.02. The zero-order valence-corrected chi connectivity index (χ0v) is 11.2. The molecule has 1 aromatic carbocycles. The Morgan fingerprint density at radius 1 is 1.37 bits per heavy atom. The van der Waals surface area contributed by atoms with Crippen LogP contribution in [0.1, 0.15) is 21.7 Å². The number of nitrogens with two attached hydrogens (primary N) is 1. The Labute approximate surface area is 114 Å². The van der Waals surface area contributed by atoms with E-state index in [9.17, 15) is 4.79 Å². The minimum atomic E-state index is -0.917. The van der Waals surface area contributed by atoms with Gasteiger partial charge in [0.05, 0.1) is 12.1 Å². The predicted octanol–water partition coefficient (Wildman–Crippen LogP) is 1.26. The Morgan fingerprint density at radius 2 is 2.05 bits per heavy atom. The van der Waals surface area contributed by atoms with Crippen LogP contribution in [0, 0.1) is 0 Å². The molecule has 1 heterocycles. The summed E-state index contributed by atoms with van der Waals surface area (Å²) >= 11 is 1.54. The summed E-state index contributed by atoms with van der Waals surface area (Å²) in [6.07, 6.45) is 0. The van der Waals surface area contributed by atoms with E-state index in [1.165, 1.54) is 11.8 Å². The van der Waals surface area contributed by atoms with E-state index in [-0.39, 0.29) is 5.56 Å². The molecule has 2 rings (SSSR count). The molecule has 0 amide bonds. The van der Waals surface area contributed by atoms with Crippen LogP contribution < -0.4 is 5.73 Å². The van der Waals surface area contributed by atoms with Crippen molar-refractivity contribution in [3.05, 3.63) is 41.2 Å². The standard InChI is InChI=1S/C12H14N4O2S/c1-16-10(6-13)14-15-12(16)19-7-8-2-4-9(5-3-8)11(17)18/h2-5H,6-7,13H2,1H3,(H,17,18). The van der Waals surface area contributed by atoms with Crippen molar-refractivity contribution in [2.24, 2.45) is 12.8 Å². The van der Waals surface area contributed by atoms with Crippen LogP contribution in [0.4, 0.5) is 0 Å². The summed E-state index contributed by atoms with van der Waals surface area (Å²) < 4.78 is 1.86. The van der Waals surface area contributed by atoms with Gasteiger partial charge in [0.1, 0.15) is 5.82 Å². The molecular weight excluding hydrogens is 264 g/mol. The van der Waals surface area contributed by atoms with Crippen molar-refractivity contribution < 1.29 is 9.90 Å². The maximum Gasteiger partial charge on any atom is 0.335 e. The topological polar surface area (TPSA) is 94.0 Å². The Morgan fingerprint density at radius 3 is 2.58 bits per heavy atom. The molecule has 1 aromatic heterocycles. The molecule has 0 atom stereocenters. The van der Waals surface area contributed by atoms with Crippen LogP contribution in [-0.4, -0.2) is 25.8 Å². The van der Waals surface area contributed by atoms with Gasteiger partial charge in [0, 0.05) is 12.8 Å². The van der Waals surface area contributed by atoms with Gasteiger partial charge in [-0.2, -0.15) is 0 Å². The third kappa shape index (κ3) is 3.12. The SMILES string of the molecule is Cn1c(CN)nnc1SCc1ccc(C(=O)O)cc1. The van der Waals surface area contributed by atoms with E-state index in [2.05, 4.69) is 10.2 Å². The molecule has 0 saturated carbocycles. The number of carboxylic acid groups (broad SMARTS) is 1. The first kappa shape index (κ1) is 13.6. The van der Waals surface area contributed by atoms with Gasteiger partial charge in [0.2, 0.25) is 0 Å². The zero-order chi connectivity index (χ0) is 13.8. The molecule has 0 bridgehead atoms. The van der Waals surface area contributed by atoms with E-state index in [0.717, 1.165) is 16.5 Å². The van der Waals surface area contributed by atoms with Crippen LogP contribution >= 0.6 is 11.8 Å². The number of thioether (sulfide) groups is 1. The van der Waals surface area contributed by atoms with Crippen LogP contribution in [0.3, 0.4) is 0 Å². The van der Waals surface area contributed by atoms with Gasteiger partial charge < -0.3 is 15.4 Å². The number of benzene rings is 1. The monoisotopic (exact) mass is 278 g/mol. The summed E-state index contributed by atoms with van der Waals surface area (Å²) in [6, 6.07) is 6.80. The number of nitrogens with zero attached hydrogens (tertiary/aromatic N) is 3. The molecule has 6 nitrogen and oxygen atoms in total. The third-order valence-electron chi connectivity index (χ3n) is 2.68. The van der Waals surface area contributed by atoms with Crippen LogP contribution in [0.15, 0.2) is 29.4 Å². The summed E-state index contributed by atoms with van der Waals surface area (Å²) in [7, 11) is 1.87. The average molecular weight is 278 g/mol. The van der Waals surface area contributed by atoms with E-state index >= 15 is 0 Å². The maximum absolute atomic E-state index is 10.7. The van der Waals surface area contributed by atoms with Crippen molar-refractivity contribution in [2.75, 3.05) is 0 Å². The fourth-order valence-corrected chi connectivity index (χ4v) is 2.43. The lowest BCUT2D eigenvalue weighted by Gasteiger charge is -2.03. The summed E-state index contributed by atoms with van der Waals surface area (Å²) in [5.74, 6) is 0.528. The number of hydrogen-bond acceptors (Lipinski definition) is 5. The second-order valence-electron chi connectivity index (χ2n) is 3.95. The number of aromatic carboxylic acids is 1. The molecular formula is C12H14N4O2S. The van der Waals surface area contributed by atoms with Crippen molar-refractivity contribution in [3.8, 4) is 0 Å². The fraction of sp³-hybridized carbons (Fsp3) is 0.250. The van der Waals surface area contributed by atoms with Crippen LogP contribution in [0.5, 0.6) is 0 Å². The molecule has 0 saturated heterocycles. The Bertz CT molecular complexity index is 580. The molecule has 19 heavy (non-hydrogen) atoms. The van der Waals surface area contributed by atoms with Gasteiger partial charge in [0.25, 0.3) is 0 Å². The summed E-state index contributed by atoms with van der Waals surface area (Å²) in [6.45, 7) is 0.359. The van der Waals surface area contributed by atoms with Crippen molar-refractivity contribution >= 4 is 17.7 Å². The number of carbonyl (C=O) groups is 1. The van der Waals surface area contributed by atoms with Gasteiger partial charge in [-0.1, -0.05) is 23.9 Å². The highest BCUT2D eigenvalue weighted by molar-refractivity contribution is 7.98. The van der Waals surface area contributed by atoms with Gasteiger partial charge in [0.15, 0.2) is 5.16 Å². The summed E-state index contributed by atoms with van der Waals surface area (Å²) in [5.41, 5.74) is 6.85. The highest BCUT2D eigenvalue weighted by Gasteiger charge is 2.08. The van der Waals surface area contributed by atoms with Crippen LogP contribution in [0.2, 0.25) is 0 Å². The molecule has 0 unspecified atom stereocenters. The molecule has 3 N–H and O–H groups in total. The van der Waals surface area contributed by atoms with E-state index in [0.29, 0.717) is 12.3 Å². The van der Waals surface area contributed by atoms with Gasteiger partial charge in [-0.05, 0) is 17.7 Å². The lowest BCUT2D eigenvalue weighted by molar-refractivity contribution is 0.0697. The molecule has 7 heteroatoms. The number of hydrogen-bond donors (Lipinski definition) is 2. The first-order valence-corrected chi connectivity index (χ1v) is 6.63. The second kappa shape index (κ2) is 5.85. The second-order valence-corrected chi connectivity index (χ2v) is 4.90. The van der Waals surface area contributed by atoms with Gasteiger partial charge in [-0.25, -0.2) is 4.79 Å². The lowest BCUT2D eigenvalue weighted by Crippen LogP contribution is -2.05. The zero-order valence-electron chi connectivity index (χ0n) is 10.4. The largest absolute Gasteiger partial charge is 0.478 e. The smallest absolute Gasteiger partial charge is 0.335 e. The van der Waals surface area contributed by atoms with Crippen molar-refractivity contribution in [1.82, 2.24) is 14.8 Å². The number of aromatic nitrogens is 3. The predicted molar refractivity (Wildman–Crippen MR) is 71.9 cm³/mol. The fourth-order valence-electron chi connectivity index (χ4n) is 1.54. The molecule has 100 valence electrons. The molecule has 0 aliphatic carbocycles. The van der Waals surface area contributed by atoms with Gasteiger partial charge in [-0.15, -0.1) is 10.2 Å². The quantitative estimate of drug-likeness (QED) is 0.800. The molecule has 0 spiro atoms. The van der Waals surface area contributed by atoms with Crippen LogP contribution in [-0.2, 0) is 19.3 Å². The molecule has 0 aliphatic rings. The number of carboxylic acids is 1.